The van der Waals surface area contributed by atoms with Crippen molar-refractivity contribution in [2.24, 2.45) is 0 Å². The minimum Gasteiger partial charge on any atom is -0.449 e. The summed E-state index contributed by atoms with van der Waals surface area (Å²) >= 11 is 5.40. The Balaban J connectivity index is 2.35. The molecule has 1 heterocycles. The first-order valence-corrected chi connectivity index (χ1v) is 6.40. The maximum Gasteiger partial charge on any atom is 0.446 e. The fourth-order valence-corrected chi connectivity index (χ4v) is 2.56. The number of ether oxygens (including phenoxy) is 1. The third kappa shape index (κ3) is 3.25. The van der Waals surface area contributed by atoms with Crippen LogP contribution in [0.5, 0.6) is 0 Å². The Labute approximate surface area is 116 Å². The van der Waals surface area contributed by atoms with Crippen LogP contribution in [0.1, 0.15) is 18.6 Å². The van der Waals surface area contributed by atoms with Crippen LogP contribution in [0.25, 0.3) is 0 Å². The zero-order valence-electron chi connectivity index (χ0n) is 9.62. The number of thioether (sulfide) groups is 1. The van der Waals surface area contributed by atoms with Gasteiger partial charge < -0.3 is 4.74 Å². The van der Waals surface area contributed by atoms with Crippen molar-refractivity contribution >= 4 is 29.3 Å². The number of alkyl halides is 3. The number of halogens is 4. The molecule has 1 aromatic carbocycles. The van der Waals surface area contributed by atoms with Gasteiger partial charge in [0.05, 0.1) is 0 Å². The van der Waals surface area contributed by atoms with E-state index in [1.165, 1.54) is 31.2 Å². The van der Waals surface area contributed by atoms with Crippen molar-refractivity contribution < 1.29 is 22.7 Å². The standard InChI is InChI=1S/C12H8ClF3O2S/c1-6-10(19-12(14,15)16)9(18-11(6)17)7-2-4-8(13)5-3-7/h2-5,9H,1H3. The van der Waals surface area contributed by atoms with Crippen molar-refractivity contribution in [3.63, 3.8) is 0 Å². The molecule has 0 bridgehead atoms. The molecule has 1 aliphatic rings. The Morgan fingerprint density at radius 1 is 1.26 bits per heavy atom. The number of cyclic esters (lactones) is 1. The predicted octanol–water partition coefficient (Wildman–Crippen LogP) is 4.46. The first kappa shape index (κ1) is 14.3. The van der Waals surface area contributed by atoms with E-state index in [0.717, 1.165) is 0 Å². The van der Waals surface area contributed by atoms with Crippen molar-refractivity contribution in [2.75, 3.05) is 0 Å². The van der Waals surface area contributed by atoms with Crippen LogP contribution in [0.15, 0.2) is 34.7 Å². The molecule has 0 radical (unpaired) electrons. The molecule has 2 nitrogen and oxygen atoms in total. The van der Waals surface area contributed by atoms with E-state index in [1.54, 1.807) is 0 Å². The Bertz CT molecular complexity index is 537. The number of rotatable bonds is 2. The highest BCUT2D eigenvalue weighted by molar-refractivity contribution is 8.04. The molecule has 0 aliphatic carbocycles. The predicted molar refractivity (Wildman–Crippen MR) is 66.6 cm³/mol. The van der Waals surface area contributed by atoms with Crippen molar-refractivity contribution in [1.29, 1.82) is 0 Å². The Kier molecular flexibility index (Phi) is 3.82. The highest BCUT2D eigenvalue weighted by Crippen LogP contribution is 2.48. The number of hydrogen-bond donors (Lipinski definition) is 0. The quantitative estimate of drug-likeness (QED) is 0.754. The first-order chi connectivity index (χ1) is 8.78. The minimum absolute atomic E-state index is 0.0118. The lowest BCUT2D eigenvalue weighted by Crippen LogP contribution is -2.06. The minimum atomic E-state index is -4.46. The average molecular weight is 309 g/mol. The molecule has 0 saturated carbocycles. The maximum atomic E-state index is 12.5. The molecule has 0 aromatic heterocycles. The zero-order valence-corrected chi connectivity index (χ0v) is 11.2. The van der Waals surface area contributed by atoms with Crippen LogP contribution in [0.2, 0.25) is 5.02 Å². The topological polar surface area (TPSA) is 26.3 Å². The molecule has 2 rings (SSSR count). The lowest BCUT2D eigenvalue weighted by atomic mass is 10.1. The molecular weight excluding hydrogens is 301 g/mol. The van der Waals surface area contributed by atoms with Gasteiger partial charge in [0.25, 0.3) is 0 Å². The van der Waals surface area contributed by atoms with E-state index < -0.39 is 17.6 Å². The van der Waals surface area contributed by atoms with Gasteiger partial charge in [0.15, 0.2) is 6.10 Å². The summed E-state index contributed by atoms with van der Waals surface area (Å²) < 4.78 is 42.5. The third-order valence-electron chi connectivity index (χ3n) is 2.54. The molecule has 0 amide bonds. The van der Waals surface area contributed by atoms with Gasteiger partial charge in [0, 0.05) is 15.5 Å². The van der Waals surface area contributed by atoms with E-state index in [1.807, 2.05) is 0 Å². The molecule has 1 aliphatic heterocycles. The van der Waals surface area contributed by atoms with E-state index in [9.17, 15) is 18.0 Å². The van der Waals surface area contributed by atoms with Gasteiger partial charge in [-0.3, -0.25) is 0 Å². The number of hydrogen-bond acceptors (Lipinski definition) is 3. The monoisotopic (exact) mass is 308 g/mol. The van der Waals surface area contributed by atoms with Crippen molar-refractivity contribution in [1.82, 2.24) is 0 Å². The van der Waals surface area contributed by atoms with Crippen LogP contribution < -0.4 is 0 Å². The van der Waals surface area contributed by atoms with E-state index in [4.69, 9.17) is 16.3 Å². The molecule has 0 N–H and O–H groups in total. The van der Waals surface area contributed by atoms with E-state index in [-0.39, 0.29) is 22.2 Å². The third-order valence-corrected chi connectivity index (χ3v) is 3.76. The van der Waals surface area contributed by atoms with Gasteiger partial charge in [-0.25, -0.2) is 4.79 Å². The second kappa shape index (κ2) is 5.09. The lowest BCUT2D eigenvalue weighted by molar-refractivity contribution is -0.139. The van der Waals surface area contributed by atoms with Crippen LogP contribution in [-0.2, 0) is 9.53 Å². The smallest absolute Gasteiger partial charge is 0.446 e. The summed E-state index contributed by atoms with van der Waals surface area (Å²) in [5, 5.41) is 0.457. The summed E-state index contributed by atoms with van der Waals surface area (Å²) in [4.78, 5) is 11.3. The molecular formula is C12H8ClF3O2S. The summed E-state index contributed by atoms with van der Waals surface area (Å²) in [6.07, 6.45) is -1.02. The van der Waals surface area contributed by atoms with E-state index in [2.05, 4.69) is 0 Å². The molecule has 0 fully saturated rings. The van der Waals surface area contributed by atoms with E-state index >= 15 is 0 Å². The van der Waals surface area contributed by atoms with Crippen molar-refractivity contribution in [3.8, 4) is 0 Å². The highest BCUT2D eigenvalue weighted by atomic mass is 35.5. The van der Waals surface area contributed by atoms with Gasteiger partial charge in [-0.2, -0.15) is 13.2 Å². The van der Waals surface area contributed by atoms with Gasteiger partial charge in [-0.15, -0.1) is 0 Å². The van der Waals surface area contributed by atoms with Crippen LogP contribution in [0.3, 0.4) is 0 Å². The summed E-state index contributed by atoms with van der Waals surface area (Å²) in [6.45, 7) is 1.33. The average Bonchev–Trinajstić information content (AvgIpc) is 2.57. The summed E-state index contributed by atoms with van der Waals surface area (Å²) in [6, 6.07) is 6.15. The molecule has 0 saturated heterocycles. The normalized spacial score (nSPS) is 19.8. The van der Waals surface area contributed by atoms with E-state index in [0.29, 0.717) is 10.6 Å². The Hall–Kier alpha value is -1.14. The number of esters is 1. The Morgan fingerprint density at radius 3 is 2.37 bits per heavy atom. The van der Waals surface area contributed by atoms with Crippen molar-refractivity contribution in [2.45, 2.75) is 18.5 Å². The molecule has 1 unspecified atom stereocenters. The highest BCUT2D eigenvalue weighted by Gasteiger charge is 2.41. The summed E-state index contributed by atoms with van der Waals surface area (Å²) in [5.74, 6) is -0.730. The van der Waals surface area contributed by atoms with Crippen LogP contribution in [-0.4, -0.2) is 11.5 Å². The van der Waals surface area contributed by atoms with Crippen molar-refractivity contribution in [3.05, 3.63) is 45.3 Å². The van der Waals surface area contributed by atoms with Gasteiger partial charge >= 0.3 is 11.5 Å². The van der Waals surface area contributed by atoms with Crippen LogP contribution >= 0.6 is 23.4 Å². The summed E-state index contributed by atoms with van der Waals surface area (Å²) in [7, 11) is 0. The second-order valence-electron chi connectivity index (χ2n) is 3.87. The molecule has 1 atom stereocenters. The molecule has 1 aromatic rings. The van der Waals surface area contributed by atoms with Gasteiger partial charge in [0.1, 0.15) is 0 Å². The van der Waals surface area contributed by atoms with Crippen LogP contribution in [0.4, 0.5) is 13.2 Å². The first-order valence-electron chi connectivity index (χ1n) is 5.21. The fraction of sp³-hybridized carbons (Fsp3) is 0.250. The zero-order chi connectivity index (χ0) is 14.2. The number of benzene rings is 1. The summed E-state index contributed by atoms with van der Waals surface area (Å²) in [5.41, 5.74) is -4.02. The molecule has 102 valence electrons. The van der Waals surface area contributed by atoms with Gasteiger partial charge in [0.2, 0.25) is 0 Å². The maximum absolute atomic E-state index is 12.5. The SMILES string of the molecule is CC1=C(SC(F)(F)F)C(c2ccc(Cl)cc2)OC1=O. The number of carbonyl (C=O) groups is 1. The fourth-order valence-electron chi connectivity index (χ4n) is 1.66. The molecule has 7 heteroatoms. The molecule has 19 heavy (non-hydrogen) atoms. The Morgan fingerprint density at radius 2 is 1.84 bits per heavy atom. The molecule has 0 spiro atoms. The van der Waals surface area contributed by atoms with Gasteiger partial charge in [-0.1, -0.05) is 23.7 Å². The van der Waals surface area contributed by atoms with Gasteiger partial charge in [-0.05, 0) is 36.4 Å². The second-order valence-corrected chi connectivity index (χ2v) is 5.42. The number of carbonyl (C=O) groups excluding carboxylic acids is 1. The largest absolute Gasteiger partial charge is 0.449 e. The lowest BCUT2D eigenvalue weighted by Gasteiger charge is -2.15. The van der Waals surface area contributed by atoms with Crippen LogP contribution in [0, 0.1) is 0 Å².